The second-order valence-electron chi connectivity index (χ2n) is 5.01. The van der Waals surface area contributed by atoms with Crippen LogP contribution in [0.3, 0.4) is 0 Å². The van der Waals surface area contributed by atoms with E-state index in [9.17, 15) is 18.0 Å². The lowest BCUT2D eigenvalue weighted by molar-refractivity contribution is -0.137. The van der Waals surface area contributed by atoms with Crippen LogP contribution < -0.4 is 5.32 Å². The first-order valence-corrected chi connectivity index (χ1v) is 7.54. The van der Waals surface area contributed by atoms with Crippen LogP contribution in [0.25, 0.3) is 5.65 Å². The van der Waals surface area contributed by atoms with Crippen molar-refractivity contribution in [3.63, 3.8) is 0 Å². The van der Waals surface area contributed by atoms with Crippen LogP contribution in [0.2, 0.25) is 0 Å². The van der Waals surface area contributed by atoms with Crippen LogP contribution in [-0.2, 0) is 6.18 Å². The fourth-order valence-corrected chi connectivity index (χ4v) is 2.46. The lowest BCUT2D eigenvalue weighted by Gasteiger charge is -2.09. The predicted molar refractivity (Wildman–Crippen MR) is 84.8 cm³/mol. The van der Waals surface area contributed by atoms with Crippen LogP contribution in [0.4, 0.5) is 19.0 Å². The molecule has 9 heteroatoms. The van der Waals surface area contributed by atoms with Gasteiger partial charge in [-0.05, 0) is 47.1 Å². The van der Waals surface area contributed by atoms with Gasteiger partial charge in [-0.1, -0.05) is 0 Å². The number of imidazole rings is 1. The van der Waals surface area contributed by atoms with E-state index in [-0.39, 0.29) is 17.2 Å². The molecule has 3 rings (SSSR count). The number of carbonyl (C=O) groups excluding carboxylic acids is 1. The summed E-state index contributed by atoms with van der Waals surface area (Å²) < 4.78 is 40.5. The van der Waals surface area contributed by atoms with Gasteiger partial charge in [0.15, 0.2) is 0 Å². The average molecular weight is 399 g/mol. The summed E-state index contributed by atoms with van der Waals surface area (Å²) in [6, 6.07) is 5.41. The van der Waals surface area contributed by atoms with E-state index in [1.807, 2.05) is 0 Å². The zero-order chi connectivity index (χ0) is 17.5. The molecule has 0 aliphatic carbocycles. The number of amides is 1. The fraction of sp³-hybridized carbons (Fsp3) is 0.133. The van der Waals surface area contributed by atoms with Crippen molar-refractivity contribution in [1.82, 2.24) is 14.4 Å². The van der Waals surface area contributed by atoms with Gasteiger partial charge in [-0.2, -0.15) is 13.2 Å². The molecule has 124 valence electrons. The molecule has 0 bridgehead atoms. The second-order valence-corrected chi connectivity index (χ2v) is 5.92. The number of aromatic nitrogens is 3. The Balaban J connectivity index is 2.02. The smallest absolute Gasteiger partial charge is 0.305 e. The standard InChI is InChI=1S/C15H10BrF3N4O/c1-8-13(14(24)22-11-4-3-10(16)6-20-11)23-7-9(15(17,18)19)2-5-12(23)21-8/h2-7H,1H3,(H,20,22,24). The molecule has 1 amide bonds. The van der Waals surface area contributed by atoms with Crippen LogP contribution in [-0.4, -0.2) is 20.3 Å². The number of carbonyl (C=O) groups is 1. The van der Waals surface area contributed by atoms with Gasteiger partial charge in [-0.15, -0.1) is 0 Å². The quantitative estimate of drug-likeness (QED) is 0.707. The molecule has 24 heavy (non-hydrogen) atoms. The first-order valence-electron chi connectivity index (χ1n) is 6.74. The number of anilines is 1. The lowest BCUT2D eigenvalue weighted by atomic mass is 10.2. The molecule has 0 unspecified atom stereocenters. The molecule has 3 aromatic rings. The highest BCUT2D eigenvalue weighted by molar-refractivity contribution is 9.10. The van der Waals surface area contributed by atoms with Gasteiger partial charge in [-0.3, -0.25) is 9.20 Å². The number of rotatable bonds is 2. The summed E-state index contributed by atoms with van der Waals surface area (Å²) in [7, 11) is 0. The van der Waals surface area contributed by atoms with Gasteiger partial charge < -0.3 is 5.32 Å². The monoisotopic (exact) mass is 398 g/mol. The molecule has 0 radical (unpaired) electrons. The summed E-state index contributed by atoms with van der Waals surface area (Å²) >= 11 is 3.23. The van der Waals surface area contributed by atoms with E-state index in [2.05, 4.69) is 31.2 Å². The molecule has 0 aromatic carbocycles. The molecule has 1 N–H and O–H groups in total. The van der Waals surface area contributed by atoms with Crippen molar-refractivity contribution in [2.24, 2.45) is 0 Å². The fourth-order valence-electron chi connectivity index (χ4n) is 2.23. The van der Waals surface area contributed by atoms with E-state index in [0.29, 0.717) is 5.69 Å². The first kappa shape index (κ1) is 16.4. The summed E-state index contributed by atoms with van der Waals surface area (Å²) in [5.74, 6) is -0.307. The van der Waals surface area contributed by atoms with Crippen molar-refractivity contribution >= 4 is 33.3 Å². The molecule has 3 aromatic heterocycles. The second kappa shape index (κ2) is 5.90. The van der Waals surface area contributed by atoms with Crippen molar-refractivity contribution in [1.29, 1.82) is 0 Å². The van der Waals surface area contributed by atoms with Crippen LogP contribution in [0.1, 0.15) is 21.7 Å². The van der Waals surface area contributed by atoms with E-state index < -0.39 is 17.6 Å². The molecule has 5 nitrogen and oxygen atoms in total. The molecular formula is C15H10BrF3N4O. The maximum atomic E-state index is 12.9. The van der Waals surface area contributed by atoms with Gasteiger partial charge in [-0.25, -0.2) is 9.97 Å². The third kappa shape index (κ3) is 3.12. The molecule has 0 saturated carbocycles. The summed E-state index contributed by atoms with van der Waals surface area (Å²) in [4.78, 5) is 20.6. The van der Waals surface area contributed by atoms with Crippen LogP contribution in [0.15, 0.2) is 41.1 Å². The minimum atomic E-state index is -4.51. The summed E-state index contributed by atoms with van der Waals surface area (Å²) in [5.41, 5.74) is -0.248. The Kier molecular flexibility index (Phi) is 4.04. The Labute approximate surface area is 142 Å². The highest BCUT2D eigenvalue weighted by Crippen LogP contribution is 2.30. The number of halogens is 4. The predicted octanol–water partition coefficient (Wildman–Crippen LogP) is 4.07. The molecule has 0 saturated heterocycles. The lowest BCUT2D eigenvalue weighted by Crippen LogP contribution is -2.17. The van der Waals surface area contributed by atoms with E-state index in [4.69, 9.17) is 0 Å². The van der Waals surface area contributed by atoms with Crippen molar-refractivity contribution in [2.75, 3.05) is 5.32 Å². The van der Waals surface area contributed by atoms with Gasteiger partial charge in [0.05, 0.1) is 11.3 Å². The van der Waals surface area contributed by atoms with Gasteiger partial charge in [0.2, 0.25) is 0 Å². The molecule has 0 atom stereocenters. The highest BCUT2D eigenvalue weighted by Gasteiger charge is 2.31. The van der Waals surface area contributed by atoms with Crippen molar-refractivity contribution in [3.8, 4) is 0 Å². The summed E-state index contributed by atoms with van der Waals surface area (Å²) in [6.45, 7) is 1.56. The zero-order valence-corrected chi connectivity index (χ0v) is 13.8. The van der Waals surface area contributed by atoms with Crippen LogP contribution >= 0.6 is 15.9 Å². The number of hydrogen-bond donors (Lipinski definition) is 1. The Bertz CT molecular complexity index is 919. The van der Waals surface area contributed by atoms with Gasteiger partial charge in [0.1, 0.15) is 17.2 Å². The minimum absolute atomic E-state index is 0.0285. The van der Waals surface area contributed by atoms with Gasteiger partial charge in [0, 0.05) is 16.9 Å². The number of hydrogen-bond acceptors (Lipinski definition) is 3. The number of nitrogens with zero attached hydrogens (tertiary/aromatic N) is 3. The largest absolute Gasteiger partial charge is 0.417 e. The van der Waals surface area contributed by atoms with Gasteiger partial charge in [0.25, 0.3) is 5.91 Å². The highest BCUT2D eigenvalue weighted by atomic mass is 79.9. The van der Waals surface area contributed by atoms with E-state index in [1.165, 1.54) is 12.3 Å². The number of nitrogens with one attached hydrogen (secondary N) is 1. The molecular weight excluding hydrogens is 389 g/mol. The van der Waals surface area contributed by atoms with Crippen molar-refractivity contribution in [2.45, 2.75) is 13.1 Å². The summed E-state index contributed by atoms with van der Waals surface area (Å²) in [5, 5.41) is 2.55. The minimum Gasteiger partial charge on any atom is -0.305 e. The average Bonchev–Trinajstić information content (AvgIpc) is 2.83. The maximum absolute atomic E-state index is 12.9. The topological polar surface area (TPSA) is 59.3 Å². The molecule has 0 aliphatic rings. The normalized spacial score (nSPS) is 11.7. The molecule has 0 aliphatic heterocycles. The number of alkyl halides is 3. The molecule has 0 spiro atoms. The van der Waals surface area contributed by atoms with Crippen LogP contribution in [0, 0.1) is 6.92 Å². The van der Waals surface area contributed by atoms with Crippen molar-refractivity contribution in [3.05, 3.63) is 58.1 Å². The zero-order valence-electron chi connectivity index (χ0n) is 12.2. The Morgan fingerprint density at radius 2 is 2.00 bits per heavy atom. The third-order valence-electron chi connectivity index (χ3n) is 3.30. The number of pyridine rings is 2. The number of aryl methyl sites for hydroxylation is 1. The van der Waals surface area contributed by atoms with E-state index >= 15 is 0 Å². The molecule has 3 heterocycles. The van der Waals surface area contributed by atoms with Crippen LogP contribution in [0.5, 0.6) is 0 Å². The Hall–Kier alpha value is -2.42. The maximum Gasteiger partial charge on any atom is 0.417 e. The Morgan fingerprint density at radius 3 is 2.62 bits per heavy atom. The summed E-state index contributed by atoms with van der Waals surface area (Å²) in [6.07, 6.45) is -2.15. The van der Waals surface area contributed by atoms with E-state index in [0.717, 1.165) is 21.1 Å². The molecule has 0 fully saturated rings. The number of fused-ring (bicyclic) bond motifs is 1. The van der Waals surface area contributed by atoms with Crippen molar-refractivity contribution < 1.29 is 18.0 Å². The van der Waals surface area contributed by atoms with Gasteiger partial charge >= 0.3 is 6.18 Å². The SMILES string of the molecule is Cc1nc2ccc(C(F)(F)F)cn2c1C(=O)Nc1ccc(Br)cn1. The third-order valence-corrected chi connectivity index (χ3v) is 3.77. The Morgan fingerprint density at radius 1 is 1.25 bits per heavy atom. The van der Waals surface area contributed by atoms with E-state index in [1.54, 1.807) is 19.1 Å². The first-order chi connectivity index (χ1) is 11.3.